The molecule has 1 amide bonds. The largest absolute Gasteiger partial charge is 0.450 e. The molecule has 1 aromatic heterocycles. The molecule has 0 aliphatic carbocycles. The predicted molar refractivity (Wildman–Crippen MR) is 58.9 cm³/mol. The number of hydrogen-bond donors (Lipinski definition) is 2. The van der Waals surface area contributed by atoms with Gasteiger partial charge in [0.05, 0.1) is 12.7 Å². The first-order valence-electron chi connectivity index (χ1n) is 4.86. The summed E-state index contributed by atoms with van der Waals surface area (Å²) in [5, 5.41) is 14.1. The van der Waals surface area contributed by atoms with Crippen LogP contribution in [0, 0.1) is 0 Å². The normalized spacial score (nSPS) is 12.1. The van der Waals surface area contributed by atoms with Gasteiger partial charge >= 0.3 is 6.09 Å². The summed E-state index contributed by atoms with van der Waals surface area (Å²) < 4.78 is 4.69. The number of aliphatic hydroxyl groups is 1. The number of nitrogens with one attached hydrogen (secondary N) is 1. The van der Waals surface area contributed by atoms with E-state index in [-0.39, 0.29) is 0 Å². The van der Waals surface area contributed by atoms with Crippen LogP contribution in [-0.2, 0) is 4.74 Å². The average molecular weight is 229 g/mol. The van der Waals surface area contributed by atoms with Crippen LogP contribution in [-0.4, -0.2) is 24.4 Å². The monoisotopic (exact) mass is 229 g/mol. The minimum absolute atomic E-state index is 0.360. The van der Waals surface area contributed by atoms with E-state index >= 15 is 0 Å². The zero-order chi connectivity index (χ0) is 11.1. The number of aliphatic hydroxyl groups excluding tert-OH is 1. The smallest absolute Gasteiger partial charge is 0.407 e. The lowest BCUT2D eigenvalue weighted by Gasteiger charge is -2.09. The number of ether oxygens (including phenoxy) is 1. The van der Waals surface area contributed by atoms with Crippen molar-refractivity contribution in [2.45, 2.75) is 19.4 Å². The number of carbonyl (C=O) groups is 1. The molecule has 1 atom stereocenters. The van der Waals surface area contributed by atoms with Crippen molar-refractivity contribution in [1.29, 1.82) is 0 Å². The number of rotatable bonds is 5. The van der Waals surface area contributed by atoms with E-state index in [9.17, 15) is 9.90 Å². The van der Waals surface area contributed by atoms with E-state index < -0.39 is 12.2 Å². The van der Waals surface area contributed by atoms with Gasteiger partial charge in [-0.05, 0) is 24.8 Å². The van der Waals surface area contributed by atoms with Crippen LogP contribution in [0.3, 0.4) is 0 Å². The maximum Gasteiger partial charge on any atom is 0.407 e. The van der Waals surface area contributed by atoms with Crippen LogP contribution in [0.4, 0.5) is 4.79 Å². The van der Waals surface area contributed by atoms with Crippen molar-refractivity contribution in [1.82, 2.24) is 5.32 Å². The van der Waals surface area contributed by atoms with Gasteiger partial charge in [0.1, 0.15) is 0 Å². The van der Waals surface area contributed by atoms with E-state index in [1.54, 1.807) is 6.92 Å². The van der Waals surface area contributed by atoms with Crippen molar-refractivity contribution in [2.75, 3.05) is 13.2 Å². The standard InChI is InChI=1S/C10H15NO3S/c1-2-14-10(13)11-6-5-8(12)9-4-3-7-15-9/h3-4,7-8,12H,2,5-6H2,1H3,(H,11,13)/t8-/m0/s1. The van der Waals surface area contributed by atoms with E-state index in [2.05, 4.69) is 10.1 Å². The fourth-order valence-corrected chi connectivity index (χ4v) is 1.86. The summed E-state index contributed by atoms with van der Waals surface area (Å²) in [6, 6.07) is 3.77. The van der Waals surface area contributed by atoms with Gasteiger partial charge in [0.25, 0.3) is 0 Å². The third-order valence-corrected chi connectivity index (χ3v) is 2.81. The number of amides is 1. The SMILES string of the molecule is CCOC(=O)NCC[C@H](O)c1cccs1. The van der Waals surface area contributed by atoms with Crippen LogP contribution >= 0.6 is 11.3 Å². The number of alkyl carbamates (subject to hydrolysis) is 1. The minimum Gasteiger partial charge on any atom is -0.450 e. The first kappa shape index (κ1) is 12.0. The van der Waals surface area contributed by atoms with Gasteiger partial charge in [-0.25, -0.2) is 4.79 Å². The maximum atomic E-state index is 10.9. The quantitative estimate of drug-likeness (QED) is 0.811. The minimum atomic E-state index is -0.507. The van der Waals surface area contributed by atoms with Gasteiger partial charge < -0.3 is 15.2 Å². The van der Waals surface area contributed by atoms with Crippen LogP contribution in [0.2, 0.25) is 0 Å². The molecule has 0 aliphatic heterocycles. The van der Waals surface area contributed by atoms with Gasteiger partial charge in [0.15, 0.2) is 0 Å². The Morgan fingerprint density at radius 2 is 2.53 bits per heavy atom. The van der Waals surface area contributed by atoms with E-state index in [1.807, 2.05) is 17.5 Å². The molecule has 0 aliphatic rings. The molecule has 1 heterocycles. The van der Waals surface area contributed by atoms with Crippen molar-refractivity contribution < 1.29 is 14.6 Å². The highest BCUT2D eigenvalue weighted by Gasteiger charge is 2.08. The van der Waals surface area contributed by atoms with Crippen LogP contribution in [0.15, 0.2) is 17.5 Å². The Bertz CT molecular complexity index is 287. The van der Waals surface area contributed by atoms with Gasteiger partial charge in [-0.1, -0.05) is 6.07 Å². The van der Waals surface area contributed by atoms with Gasteiger partial charge in [-0.2, -0.15) is 0 Å². The predicted octanol–water partition coefficient (Wildman–Crippen LogP) is 1.92. The Hall–Kier alpha value is -1.07. The molecule has 0 saturated heterocycles. The molecular formula is C10H15NO3S. The molecule has 15 heavy (non-hydrogen) atoms. The molecule has 0 radical (unpaired) electrons. The highest BCUT2D eigenvalue weighted by molar-refractivity contribution is 7.10. The van der Waals surface area contributed by atoms with Crippen molar-refractivity contribution in [3.63, 3.8) is 0 Å². The summed E-state index contributed by atoms with van der Waals surface area (Å²) in [5.74, 6) is 0. The molecule has 5 heteroatoms. The zero-order valence-corrected chi connectivity index (χ0v) is 9.42. The van der Waals surface area contributed by atoms with Crippen molar-refractivity contribution in [3.05, 3.63) is 22.4 Å². The highest BCUT2D eigenvalue weighted by atomic mass is 32.1. The molecule has 4 nitrogen and oxygen atoms in total. The molecule has 0 unspecified atom stereocenters. The summed E-state index contributed by atoms with van der Waals surface area (Å²) in [5.41, 5.74) is 0. The lowest BCUT2D eigenvalue weighted by Crippen LogP contribution is -2.26. The van der Waals surface area contributed by atoms with Gasteiger partial charge in [-0.15, -0.1) is 11.3 Å². The number of hydrogen-bond acceptors (Lipinski definition) is 4. The summed E-state index contributed by atoms with van der Waals surface area (Å²) in [7, 11) is 0. The Kier molecular flexibility index (Phi) is 5.14. The molecule has 2 N–H and O–H groups in total. The summed E-state index contributed by atoms with van der Waals surface area (Å²) in [4.78, 5) is 11.8. The summed E-state index contributed by atoms with van der Waals surface area (Å²) in [6.07, 6.45) is -0.443. The molecule has 0 fully saturated rings. The summed E-state index contributed by atoms with van der Waals surface area (Å²) >= 11 is 1.51. The second kappa shape index (κ2) is 6.42. The van der Waals surface area contributed by atoms with E-state index in [1.165, 1.54) is 11.3 Å². The van der Waals surface area contributed by atoms with E-state index in [4.69, 9.17) is 0 Å². The first-order chi connectivity index (χ1) is 7.24. The second-order valence-corrected chi connectivity index (χ2v) is 3.95. The van der Waals surface area contributed by atoms with Crippen LogP contribution in [0.1, 0.15) is 24.3 Å². The number of carbonyl (C=O) groups excluding carboxylic acids is 1. The van der Waals surface area contributed by atoms with Crippen LogP contribution in [0.25, 0.3) is 0 Å². The van der Waals surface area contributed by atoms with Crippen LogP contribution < -0.4 is 5.32 Å². The van der Waals surface area contributed by atoms with E-state index in [0.717, 1.165) is 4.88 Å². The second-order valence-electron chi connectivity index (χ2n) is 2.97. The highest BCUT2D eigenvalue weighted by Crippen LogP contribution is 2.20. The van der Waals surface area contributed by atoms with Crippen LogP contribution in [0.5, 0.6) is 0 Å². The van der Waals surface area contributed by atoms with Gasteiger partial charge in [0, 0.05) is 11.4 Å². The summed E-state index contributed by atoms with van der Waals surface area (Å²) in [6.45, 7) is 2.53. The Morgan fingerprint density at radius 3 is 3.13 bits per heavy atom. The Balaban J connectivity index is 2.18. The third-order valence-electron chi connectivity index (χ3n) is 1.83. The fraction of sp³-hybridized carbons (Fsp3) is 0.500. The maximum absolute atomic E-state index is 10.9. The molecule has 1 aromatic rings. The number of thiophene rings is 1. The lowest BCUT2D eigenvalue weighted by atomic mass is 10.2. The topological polar surface area (TPSA) is 58.6 Å². The molecule has 0 spiro atoms. The molecule has 0 aromatic carbocycles. The molecular weight excluding hydrogens is 214 g/mol. The molecule has 0 saturated carbocycles. The Morgan fingerprint density at radius 1 is 1.73 bits per heavy atom. The third kappa shape index (κ3) is 4.31. The first-order valence-corrected chi connectivity index (χ1v) is 5.74. The van der Waals surface area contributed by atoms with Crippen molar-refractivity contribution in [3.8, 4) is 0 Å². The molecule has 0 bridgehead atoms. The molecule has 84 valence electrons. The van der Waals surface area contributed by atoms with Crippen molar-refractivity contribution in [2.24, 2.45) is 0 Å². The Labute approximate surface area is 92.9 Å². The average Bonchev–Trinajstić information content (AvgIpc) is 2.70. The van der Waals surface area contributed by atoms with Gasteiger partial charge in [0.2, 0.25) is 0 Å². The van der Waals surface area contributed by atoms with Crippen molar-refractivity contribution >= 4 is 17.4 Å². The molecule has 1 rings (SSSR count). The fourth-order valence-electron chi connectivity index (χ4n) is 1.12. The zero-order valence-electron chi connectivity index (χ0n) is 8.60. The lowest BCUT2D eigenvalue weighted by molar-refractivity contribution is 0.144. The van der Waals surface area contributed by atoms with E-state index in [0.29, 0.717) is 19.6 Å². The van der Waals surface area contributed by atoms with Gasteiger partial charge in [-0.3, -0.25) is 0 Å².